The van der Waals surface area contributed by atoms with Crippen LogP contribution in [0.1, 0.15) is 26.4 Å². The van der Waals surface area contributed by atoms with Crippen LogP contribution in [-0.2, 0) is 13.6 Å². The molecular formula is C15H12ClFN6O3. The zero-order valence-corrected chi connectivity index (χ0v) is 14.1. The molecule has 0 aliphatic carbocycles. The number of carboxylic acid groups (broad SMARTS) is 1. The number of anilines is 1. The van der Waals surface area contributed by atoms with Gasteiger partial charge in [-0.05, 0) is 17.7 Å². The highest BCUT2D eigenvalue weighted by molar-refractivity contribution is 6.31. The van der Waals surface area contributed by atoms with Crippen LogP contribution in [0.3, 0.4) is 0 Å². The van der Waals surface area contributed by atoms with Crippen LogP contribution < -0.4 is 5.32 Å². The lowest BCUT2D eigenvalue weighted by Gasteiger charge is -2.04. The van der Waals surface area contributed by atoms with E-state index in [1.165, 1.54) is 36.3 Å². The number of hydrogen-bond donors (Lipinski definition) is 2. The molecule has 2 N–H and O–H groups in total. The number of nitrogens with zero attached hydrogens (tertiary/aromatic N) is 5. The van der Waals surface area contributed by atoms with Gasteiger partial charge >= 0.3 is 5.97 Å². The second-order valence-corrected chi connectivity index (χ2v) is 5.70. The number of nitrogens with one attached hydrogen (secondary N) is 1. The molecule has 0 aliphatic rings. The summed E-state index contributed by atoms with van der Waals surface area (Å²) in [5.74, 6) is -2.45. The van der Waals surface area contributed by atoms with E-state index in [1.807, 2.05) is 0 Å². The largest absolute Gasteiger partial charge is 0.478 e. The van der Waals surface area contributed by atoms with Crippen molar-refractivity contribution in [2.75, 3.05) is 5.32 Å². The van der Waals surface area contributed by atoms with E-state index in [0.29, 0.717) is 5.56 Å². The molecule has 2 heterocycles. The van der Waals surface area contributed by atoms with E-state index in [0.717, 1.165) is 10.9 Å². The Hall–Kier alpha value is -3.27. The van der Waals surface area contributed by atoms with Crippen LogP contribution in [0.5, 0.6) is 0 Å². The van der Waals surface area contributed by atoms with Crippen LogP contribution in [0.2, 0.25) is 5.02 Å². The fraction of sp³-hybridized carbons (Fsp3) is 0.133. The molecule has 0 saturated heterocycles. The van der Waals surface area contributed by atoms with Crippen molar-refractivity contribution in [1.82, 2.24) is 24.5 Å². The average Bonchev–Trinajstić information content (AvgIpc) is 3.16. The van der Waals surface area contributed by atoms with Gasteiger partial charge in [0.05, 0.1) is 12.7 Å². The maximum Gasteiger partial charge on any atom is 0.339 e. The number of carbonyl (C=O) groups is 2. The summed E-state index contributed by atoms with van der Waals surface area (Å²) in [5.41, 5.74) is 0.258. The van der Waals surface area contributed by atoms with Crippen molar-refractivity contribution in [3.63, 3.8) is 0 Å². The molecule has 134 valence electrons. The minimum Gasteiger partial charge on any atom is -0.478 e. The number of benzene rings is 1. The van der Waals surface area contributed by atoms with Crippen molar-refractivity contribution in [3.8, 4) is 0 Å². The molecule has 0 bridgehead atoms. The first-order valence-electron chi connectivity index (χ1n) is 7.25. The molecule has 0 saturated carbocycles. The second kappa shape index (κ2) is 6.92. The topological polar surface area (TPSA) is 115 Å². The van der Waals surface area contributed by atoms with E-state index >= 15 is 0 Å². The average molecular weight is 379 g/mol. The van der Waals surface area contributed by atoms with E-state index < -0.39 is 17.7 Å². The first-order chi connectivity index (χ1) is 12.3. The number of rotatable bonds is 5. The van der Waals surface area contributed by atoms with Gasteiger partial charge in [0, 0.05) is 12.1 Å². The molecule has 0 spiro atoms. The van der Waals surface area contributed by atoms with Crippen LogP contribution in [0.4, 0.5) is 10.3 Å². The molecule has 0 aliphatic heterocycles. The van der Waals surface area contributed by atoms with Crippen LogP contribution >= 0.6 is 11.6 Å². The fourth-order valence-corrected chi connectivity index (χ4v) is 2.50. The van der Waals surface area contributed by atoms with Crippen molar-refractivity contribution in [2.45, 2.75) is 6.54 Å². The van der Waals surface area contributed by atoms with Crippen molar-refractivity contribution in [1.29, 1.82) is 0 Å². The van der Waals surface area contributed by atoms with Crippen molar-refractivity contribution < 1.29 is 19.1 Å². The van der Waals surface area contributed by atoms with Gasteiger partial charge in [-0.2, -0.15) is 5.10 Å². The Morgan fingerprint density at radius 2 is 2.15 bits per heavy atom. The van der Waals surface area contributed by atoms with Crippen LogP contribution in [-0.4, -0.2) is 41.5 Å². The second-order valence-electron chi connectivity index (χ2n) is 5.29. The number of aromatic nitrogens is 5. The molecule has 0 atom stereocenters. The number of carbonyl (C=O) groups excluding carboxylic acids is 1. The predicted octanol–water partition coefficient (Wildman–Crippen LogP) is 1.80. The highest BCUT2D eigenvalue weighted by atomic mass is 35.5. The molecule has 0 unspecified atom stereocenters. The molecule has 1 amide bonds. The van der Waals surface area contributed by atoms with E-state index in [4.69, 9.17) is 16.7 Å². The summed E-state index contributed by atoms with van der Waals surface area (Å²) >= 11 is 5.97. The quantitative estimate of drug-likeness (QED) is 0.699. The van der Waals surface area contributed by atoms with Crippen LogP contribution in [0, 0.1) is 5.82 Å². The van der Waals surface area contributed by atoms with Gasteiger partial charge in [-0.3, -0.25) is 14.8 Å². The van der Waals surface area contributed by atoms with Gasteiger partial charge in [0.2, 0.25) is 5.95 Å². The van der Waals surface area contributed by atoms with Gasteiger partial charge in [0.1, 0.15) is 23.4 Å². The maximum absolute atomic E-state index is 13.1. The summed E-state index contributed by atoms with van der Waals surface area (Å²) in [6.07, 6.45) is 2.44. The van der Waals surface area contributed by atoms with Crippen molar-refractivity contribution >= 4 is 29.4 Å². The Morgan fingerprint density at radius 3 is 2.85 bits per heavy atom. The summed E-state index contributed by atoms with van der Waals surface area (Å²) < 4.78 is 15.6. The third-order valence-corrected chi connectivity index (χ3v) is 3.85. The maximum atomic E-state index is 13.1. The number of aromatic carboxylic acids is 1. The van der Waals surface area contributed by atoms with Gasteiger partial charge in [0.15, 0.2) is 0 Å². The minimum atomic E-state index is -1.27. The van der Waals surface area contributed by atoms with E-state index in [-0.39, 0.29) is 28.8 Å². The van der Waals surface area contributed by atoms with Crippen molar-refractivity contribution in [3.05, 3.63) is 58.4 Å². The Morgan fingerprint density at radius 1 is 1.38 bits per heavy atom. The summed E-state index contributed by atoms with van der Waals surface area (Å²) in [7, 11) is 1.45. The highest BCUT2D eigenvalue weighted by Gasteiger charge is 2.22. The number of carboxylic acids is 1. The van der Waals surface area contributed by atoms with Gasteiger partial charge in [-0.1, -0.05) is 17.7 Å². The number of halogens is 2. The zero-order chi connectivity index (χ0) is 18.8. The third kappa shape index (κ3) is 3.54. The fourth-order valence-electron chi connectivity index (χ4n) is 2.28. The van der Waals surface area contributed by atoms with Gasteiger partial charge in [0.25, 0.3) is 5.91 Å². The Bertz CT molecular complexity index is 999. The summed E-state index contributed by atoms with van der Waals surface area (Å²) in [6.45, 7) is 0.216. The number of aryl methyl sites for hydroxylation is 1. The zero-order valence-electron chi connectivity index (χ0n) is 13.3. The summed E-state index contributed by atoms with van der Waals surface area (Å²) in [4.78, 5) is 27.4. The lowest BCUT2D eigenvalue weighted by Crippen LogP contribution is -2.20. The Kier molecular flexibility index (Phi) is 4.67. The molecule has 3 aromatic rings. The molecule has 26 heavy (non-hydrogen) atoms. The monoisotopic (exact) mass is 378 g/mol. The van der Waals surface area contributed by atoms with Crippen molar-refractivity contribution in [2.24, 2.45) is 7.05 Å². The molecule has 0 fully saturated rings. The Balaban J connectivity index is 1.75. The lowest BCUT2D eigenvalue weighted by molar-refractivity contribution is 0.0692. The highest BCUT2D eigenvalue weighted by Crippen LogP contribution is 2.18. The minimum absolute atomic E-state index is 0.0224. The van der Waals surface area contributed by atoms with E-state index in [2.05, 4.69) is 20.5 Å². The summed E-state index contributed by atoms with van der Waals surface area (Å²) in [5, 5.41) is 19.6. The number of hydrogen-bond acceptors (Lipinski definition) is 5. The van der Waals surface area contributed by atoms with E-state index in [9.17, 15) is 14.0 Å². The first-order valence-corrected chi connectivity index (χ1v) is 7.63. The molecule has 3 rings (SSSR count). The van der Waals surface area contributed by atoms with Crippen LogP contribution in [0.25, 0.3) is 0 Å². The summed E-state index contributed by atoms with van der Waals surface area (Å²) in [6, 6.07) is 3.98. The molecule has 0 radical (unpaired) electrons. The molecule has 9 nitrogen and oxygen atoms in total. The lowest BCUT2D eigenvalue weighted by atomic mass is 10.2. The van der Waals surface area contributed by atoms with E-state index in [1.54, 1.807) is 0 Å². The first kappa shape index (κ1) is 17.5. The standard InChI is InChI=1S/C15H12ClFN6O3/c1-22-12(10(5-19-22)14(25)26)13(24)20-15-18-7-23(21-15)6-8-2-3-9(17)4-11(8)16/h2-5,7H,6H2,1H3,(H,25,26)(H,20,21,24). The smallest absolute Gasteiger partial charge is 0.339 e. The molecular weight excluding hydrogens is 367 g/mol. The molecule has 11 heteroatoms. The third-order valence-electron chi connectivity index (χ3n) is 3.49. The SMILES string of the molecule is Cn1ncc(C(=O)O)c1C(=O)Nc1ncn(Cc2ccc(F)cc2Cl)n1. The van der Waals surface area contributed by atoms with Gasteiger partial charge < -0.3 is 5.11 Å². The van der Waals surface area contributed by atoms with Gasteiger partial charge in [-0.25, -0.2) is 18.9 Å². The predicted molar refractivity (Wildman–Crippen MR) is 88.7 cm³/mol. The Labute approximate surface area is 151 Å². The number of amides is 1. The van der Waals surface area contributed by atoms with Gasteiger partial charge in [-0.15, -0.1) is 5.10 Å². The molecule has 2 aromatic heterocycles. The molecule has 1 aromatic carbocycles. The van der Waals surface area contributed by atoms with Crippen LogP contribution in [0.15, 0.2) is 30.7 Å². The normalized spacial score (nSPS) is 10.7.